The van der Waals surface area contributed by atoms with E-state index in [1.54, 1.807) is 61.5 Å². The maximum atomic E-state index is 13.2. The van der Waals surface area contributed by atoms with E-state index in [1.807, 2.05) is 0 Å². The van der Waals surface area contributed by atoms with Crippen molar-refractivity contribution in [1.29, 1.82) is 0 Å². The molecule has 1 aromatic heterocycles. The molecule has 0 bridgehead atoms. The monoisotopic (exact) mass is 489 g/mol. The summed E-state index contributed by atoms with van der Waals surface area (Å²) in [5.41, 5.74) is 3.04. The summed E-state index contributed by atoms with van der Waals surface area (Å²) in [4.78, 5) is 61.2. The highest BCUT2D eigenvalue weighted by Gasteiger charge is 2.41. The van der Waals surface area contributed by atoms with Crippen LogP contribution >= 0.6 is 0 Å². The molecule has 3 aromatic rings. The third-order valence-electron chi connectivity index (χ3n) is 5.52. The van der Waals surface area contributed by atoms with Gasteiger partial charge < -0.3 is 14.3 Å². The lowest BCUT2D eigenvalue weighted by atomic mass is 10.0. The number of nitrogens with one attached hydrogen (secondary N) is 1. The van der Waals surface area contributed by atoms with Crippen molar-refractivity contribution in [2.45, 2.75) is 19.4 Å². The molecule has 184 valence electrons. The lowest BCUT2D eigenvalue weighted by Gasteiger charge is -2.27. The fraction of sp³-hybridized carbons (Fsp3) is 0.192. The van der Waals surface area contributed by atoms with Gasteiger partial charge in [-0.05, 0) is 48.9 Å². The number of amides is 3. The van der Waals surface area contributed by atoms with E-state index >= 15 is 0 Å². The number of aromatic nitrogens is 1. The molecule has 4 rings (SSSR count). The SMILES string of the molecule is CCOc1cc(C(CC(=O)NOC(=O)c2ccccn2)N2C(=O)c3ccccc3C2=O)ccc1OC. The maximum absolute atomic E-state index is 13.2. The number of imide groups is 1. The van der Waals surface area contributed by atoms with Crippen LogP contribution < -0.4 is 15.0 Å². The van der Waals surface area contributed by atoms with Crippen LogP contribution in [0.15, 0.2) is 66.9 Å². The van der Waals surface area contributed by atoms with Crippen LogP contribution in [0.1, 0.15) is 56.2 Å². The number of hydrogen-bond acceptors (Lipinski definition) is 8. The van der Waals surface area contributed by atoms with Crippen molar-refractivity contribution in [3.05, 3.63) is 89.2 Å². The van der Waals surface area contributed by atoms with Crippen molar-refractivity contribution in [3.8, 4) is 11.5 Å². The van der Waals surface area contributed by atoms with Gasteiger partial charge in [0.1, 0.15) is 0 Å². The van der Waals surface area contributed by atoms with Gasteiger partial charge in [0.05, 0.1) is 37.3 Å². The Bertz CT molecular complexity index is 1270. The standard InChI is InChI=1S/C26H23N3O7/c1-3-35-22-14-16(11-12-21(22)34-2)20(29-24(31)17-8-4-5-9-18(17)25(29)32)15-23(30)28-36-26(33)19-10-6-7-13-27-19/h4-14,20H,3,15H2,1-2H3,(H,28,30). The molecule has 2 heterocycles. The Morgan fingerprint density at radius 1 is 0.972 bits per heavy atom. The minimum absolute atomic E-state index is 0.00575. The Kier molecular flexibility index (Phi) is 7.24. The largest absolute Gasteiger partial charge is 0.493 e. The average molecular weight is 489 g/mol. The van der Waals surface area contributed by atoms with Crippen molar-refractivity contribution >= 4 is 23.7 Å². The molecule has 0 saturated carbocycles. The van der Waals surface area contributed by atoms with E-state index in [9.17, 15) is 19.2 Å². The molecule has 0 aliphatic carbocycles. The summed E-state index contributed by atoms with van der Waals surface area (Å²) in [7, 11) is 1.49. The molecule has 0 radical (unpaired) electrons. The van der Waals surface area contributed by atoms with Crippen LogP contribution in [0.25, 0.3) is 0 Å². The van der Waals surface area contributed by atoms with E-state index < -0.39 is 29.7 Å². The number of pyridine rings is 1. The molecule has 2 aromatic carbocycles. The van der Waals surface area contributed by atoms with E-state index in [2.05, 4.69) is 10.5 Å². The molecule has 1 unspecified atom stereocenters. The van der Waals surface area contributed by atoms with Gasteiger partial charge in [0.2, 0.25) is 0 Å². The Labute approximate surface area is 206 Å². The topological polar surface area (TPSA) is 124 Å². The molecule has 1 aliphatic heterocycles. The number of methoxy groups -OCH3 is 1. The van der Waals surface area contributed by atoms with Crippen molar-refractivity contribution in [3.63, 3.8) is 0 Å². The van der Waals surface area contributed by atoms with Crippen LogP contribution in [0, 0.1) is 0 Å². The predicted octanol–water partition coefficient (Wildman–Crippen LogP) is 3.10. The van der Waals surface area contributed by atoms with Gasteiger partial charge in [-0.3, -0.25) is 19.3 Å². The molecule has 10 nitrogen and oxygen atoms in total. The Balaban J connectivity index is 1.62. The molecule has 1 aliphatic rings. The van der Waals surface area contributed by atoms with Crippen molar-refractivity contribution < 1.29 is 33.5 Å². The number of ether oxygens (including phenoxy) is 2. The van der Waals surface area contributed by atoms with Gasteiger partial charge in [0.25, 0.3) is 17.7 Å². The Morgan fingerprint density at radius 3 is 2.28 bits per heavy atom. The summed E-state index contributed by atoms with van der Waals surface area (Å²) < 4.78 is 11.0. The van der Waals surface area contributed by atoms with Gasteiger partial charge in [0, 0.05) is 6.20 Å². The minimum atomic E-state index is -1.02. The summed E-state index contributed by atoms with van der Waals surface area (Å²) in [6.45, 7) is 2.15. The molecule has 1 N–H and O–H groups in total. The first kappa shape index (κ1) is 24.4. The molecular weight excluding hydrogens is 466 g/mol. The van der Waals surface area contributed by atoms with E-state index in [0.717, 1.165) is 4.90 Å². The highest BCUT2D eigenvalue weighted by molar-refractivity contribution is 6.21. The van der Waals surface area contributed by atoms with Crippen molar-refractivity contribution in [2.75, 3.05) is 13.7 Å². The second-order valence-electron chi connectivity index (χ2n) is 7.72. The number of hydrogen-bond donors (Lipinski definition) is 1. The predicted molar refractivity (Wildman–Crippen MR) is 126 cm³/mol. The summed E-state index contributed by atoms with van der Waals surface area (Å²) in [5, 5.41) is 0. The van der Waals surface area contributed by atoms with Gasteiger partial charge in [-0.2, -0.15) is 5.48 Å². The van der Waals surface area contributed by atoms with Crippen LogP contribution in [0.5, 0.6) is 11.5 Å². The molecule has 3 amide bonds. The first-order valence-corrected chi connectivity index (χ1v) is 11.1. The first-order chi connectivity index (χ1) is 17.4. The number of carbonyl (C=O) groups is 4. The van der Waals surface area contributed by atoms with Crippen LogP contribution in [-0.2, 0) is 9.63 Å². The zero-order valence-electron chi connectivity index (χ0n) is 19.6. The summed E-state index contributed by atoms with van der Waals surface area (Å²) in [6, 6.07) is 15.0. The number of benzene rings is 2. The molecule has 0 spiro atoms. The highest BCUT2D eigenvalue weighted by atomic mass is 16.7. The number of rotatable bonds is 8. The van der Waals surface area contributed by atoms with Crippen LogP contribution in [0.2, 0.25) is 0 Å². The molecule has 0 fully saturated rings. The summed E-state index contributed by atoms with van der Waals surface area (Å²) >= 11 is 0. The van der Waals surface area contributed by atoms with Crippen LogP contribution in [0.3, 0.4) is 0 Å². The van der Waals surface area contributed by atoms with Gasteiger partial charge in [-0.1, -0.05) is 24.3 Å². The highest BCUT2D eigenvalue weighted by Crippen LogP contribution is 2.37. The first-order valence-electron chi connectivity index (χ1n) is 11.1. The number of hydroxylamine groups is 1. The van der Waals surface area contributed by atoms with Crippen molar-refractivity contribution in [1.82, 2.24) is 15.4 Å². The molecular formula is C26H23N3O7. The van der Waals surface area contributed by atoms with Crippen LogP contribution in [0.4, 0.5) is 0 Å². The van der Waals surface area contributed by atoms with Gasteiger partial charge in [-0.15, -0.1) is 0 Å². The summed E-state index contributed by atoms with van der Waals surface area (Å²) in [6.07, 6.45) is 1.04. The minimum Gasteiger partial charge on any atom is -0.493 e. The fourth-order valence-corrected chi connectivity index (χ4v) is 3.87. The molecule has 36 heavy (non-hydrogen) atoms. The molecule has 10 heteroatoms. The smallest absolute Gasteiger partial charge is 0.381 e. The third kappa shape index (κ3) is 4.88. The number of nitrogens with zero attached hydrogens (tertiary/aromatic N) is 2. The normalized spacial score (nSPS) is 13.1. The number of fused-ring (bicyclic) bond motifs is 1. The average Bonchev–Trinajstić information content (AvgIpc) is 3.16. The van der Waals surface area contributed by atoms with E-state index in [0.29, 0.717) is 23.7 Å². The van der Waals surface area contributed by atoms with E-state index in [-0.39, 0.29) is 23.2 Å². The lowest BCUT2D eigenvalue weighted by Crippen LogP contribution is -2.38. The zero-order valence-corrected chi connectivity index (χ0v) is 19.6. The Morgan fingerprint density at radius 2 is 1.67 bits per heavy atom. The molecule has 0 saturated heterocycles. The maximum Gasteiger partial charge on any atom is 0.381 e. The quantitative estimate of drug-likeness (QED) is 0.378. The van der Waals surface area contributed by atoms with E-state index in [4.69, 9.17) is 14.3 Å². The van der Waals surface area contributed by atoms with Gasteiger partial charge >= 0.3 is 5.97 Å². The Hall–Kier alpha value is -4.73. The van der Waals surface area contributed by atoms with E-state index in [1.165, 1.54) is 19.4 Å². The number of carbonyl (C=O) groups excluding carboxylic acids is 4. The third-order valence-corrected chi connectivity index (χ3v) is 5.52. The summed E-state index contributed by atoms with van der Waals surface area (Å²) in [5.74, 6) is -1.81. The lowest BCUT2D eigenvalue weighted by molar-refractivity contribution is -0.131. The fourth-order valence-electron chi connectivity index (χ4n) is 3.87. The second-order valence-corrected chi connectivity index (χ2v) is 7.72. The van der Waals surface area contributed by atoms with Gasteiger partial charge in [-0.25, -0.2) is 9.78 Å². The van der Waals surface area contributed by atoms with Gasteiger partial charge in [0.15, 0.2) is 17.2 Å². The van der Waals surface area contributed by atoms with Crippen LogP contribution in [-0.4, -0.2) is 47.3 Å². The second kappa shape index (κ2) is 10.7. The zero-order chi connectivity index (χ0) is 25.7. The molecule has 1 atom stereocenters. The van der Waals surface area contributed by atoms with Crippen molar-refractivity contribution in [2.24, 2.45) is 0 Å².